The highest BCUT2D eigenvalue weighted by Crippen LogP contribution is 2.54. The van der Waals surface area contributed by atoms with Crippen molar-refractivity contribution in [3.05, 3.63) is 25.3 Å². The molecule has 0 aromatic rings. The molecule has 0 aliphatic carbocycles. The summed E-state index contributed by atoms with van der Waals surface area (Å²) in [6.07, 6.45) is 3.29. The molecule has 1 aliphatic heterocycles. The summed E-state index contributed by atoms with van der Waals surface area (Å²) in [4.78, 5) is 13.8. The van der Waals surface area contributed by atoms with Crippen molar-refractivity contribution in [2.75, 3.05) is 5.75 Å². The molecular weight excluding hydrogens is 250 g/mol. The van der Waals surface area contributed by atoms with Gasteiger partial charge in [0.1, 0.15) is 0 Å². The maximum absolute atomic E-state index is 12.0. The second-order valence-electron chi connectivity index (χ2n) is 5.04. The lowest BCUT2D eigenvalue weighted by molar-refractivity contribution is -0.128. The molecule has 0 bridgehead atoms. The molecule has 4 heteroatoms. The summed E-state index contributed by atoms with van der Waals surface area (Å²) in [6.45, 7) is 15.9. The first kappa shape index (κ1) is 14.7. The van der Waals surface area contributed by atoms with Crippen LogP contribution in [0.2, 0.25) is 0 Å². The third-order valence-electron chi connectivity index (χ3n) is 2.71. The first-order valence-electron chi connectivity index (χ1n) is 5.64. The fourth-order valence-corrected chi connectivity index (χ4v) is 5.69. The van der Waals surface area contributed by atoms with Crippen LogP contribution in [0, 0.1) is 0 Å². The van der Waals surface area contributed by atoms with Gasteiger partial charge in [-0.05, 0) is 33.8 Å². The van der Waals surface area contributed by atoms with Crippen LogP contribution < -0.4 is 0 Å². The van der Waals surface area contributed by atoms with Gasteiger partial charge in [-0.2, -0.15) is 0 Å². The van der Waals surface area contributed by atoms with Crippen LogP contribution in [0.25, 0.3) is 0 Å². The number of nitrogens with zero attached hydrogens (tertiary/aromatic N) is 1. The fraction of sp³-hybridized carbons (Fsp3) is 0.615. The summed E-state index contributed by atoms with van der Waals surface area (Å²) < 4.78 is 0.0375. The lowest BCUT2D eigenvalue weighted by Gasteiger charge is -2.34. The quantitative estimate of drug-likeness (QED) is 0.576. The van der Waals surface area contributed by atoms with Crippen molar-refractivity contribution in [2.45, 2.75) is 42.7 Å². The third-order valence-corrected chi connectivity index (χ3v) is 5.84. The van der Waals surface area contributed by atoms with E-state index in [0.29, 0.717) is 0 Å². The predicted molar refractivity (Wildman–Crippen MR) is 79.2 cm³/mol. The zero-order valence-corrected chi connectivity index (χ0v) is 12.7. The van der Waals surface area contributed by atoms with E-state index < -0.39 is 0 Å². The van der Waals surface area contributed by atoms with Crippen molar-refractivity contribution in [1.82, 2.24) is 4.90 Å². The molecule has 96 valence electrons. The van der Waals surface area contributed by atoms with E-state index in [0.717, 1.165) is 5.75 Å². The maximum Gasteiger partial charge on any atom is 0.248 e. The molecule has 1 atom stereocenters. The smallest absolute Gasteiger partial charge is 0.248 e. The number of hydrogen-bond acceptors (Lipinski definition) is 3. The van der Waals surface area contributed by atoms with Crippen LogP contribution in [0.15, 0.2) is 25.3 Å². The molecule has 1 saturated heterocycles. The second-order valence-corrected chi connectivity index (χ2v) is 8.41. The molecule has 1 aliphatic rings. The van der Waals surface area contributed by atoms with Crippen LogP contribution in [0.5, 0.6) is 0 Å². The number of carbonyl (C=O) groups is 1. The van der Waals surface area contributed by atoms with Crippen molar-refractivity contribution in [3.63, 3.8) is 0 Å². The van der Waals surface area contributed by atoms with Gasteiger partial charge in [0.05, 0.1) is 10.2 Å². The Morgan fingerprint density at radius 2 is 2.00 bits per heavy atom. The van der Waals surface area contributed by atoms with E-state index in [9.17, 15) is 4.79 Å². The van der Waals surface area contributed by atoms with E-state index >= 15 is 0 Å². The molecule has 1 rings (SSSR count). The van der Waals surface area contributed by atoms with E-state index in [4.69, 9.17) is 0 Å². The molecule has 0 aromatic carbocycles. The average molecular weight is 271 g/mol. The Kier molecular flexibility index (Phi) is 4.42. The van der Waals surface area contributed by atoms with Gasteiger partial charge in [0.15, 0.2) is 0 Å². The number of amides is 1. The number of hydrogen-bond donors (Lipinski definition) is 0. The minimum absolute atomic E-state index is 0.00892. The minimum atomic E-state index is -0.187. The molecule has 0 radical (unpaired) electrons. The van der Waals surface area contributed by atoms with E-state index in [1.807, 2.05) is 22.7 Å². The van der Waals surface area contributed by atoms with Crippen LogP contribution in [-0.4, -0.2) is 31.6 Å². The van der Waals surface area contributed by atoms with E-state index in [2.05, 4.69) is 40.9 Å². The standard InChI is InChI=1S/C13H21NOS2/c1-7-9-16-11-12(3,4)17-13(5,6)14(11)10(15)8-2/h7-8,11H,1-2,9H2,3-6H3. The Morgan fingerprint density at radius 1 is 1.41 bits per heavy atom. The SMILES string of the molecule is C=CCSC1N(C(=O)C=C)C(C)(C)SC1(C)C. The molecule has 0 spiro atoms. The molecule has 2 nitrogen and oxygen atoms in total. The molecular formula is C13H21NOS2. The molecule has 0 N–H and O–H groups in total. The van der Waals surface area contributed by atoms with Crippen LogP contribution in [0.1, 0.15) is 27.7 Å². The molecule has 0 saturated carbocycles. The molecule has 1 heterocycles. The Hall–Kier alpha value is -0.350. The normalized spacial score (nSPS) is 25.6. The minimum Gasteiger partial charge on any atom is -0.312 e. The summed E-state index contributed by atoms with van der Waals surface area (Å²) in [5.41, 5.74) is 0. The van der Waals surface area contributed by atoms with Crippen molar-refractivity contribution < 1.29 is 4.79 Å². The van der Waals surface area contributed by atoms with Crippen molar-refractivity contribution >= 4 is 29.4 Å². The summed E-state index contributed by atoms with van der Waals surface area (Å²) in [7, 11) is 0. The summed E-state index contributed by atoms with van der Waals surface area (Å²) in [5, 5.41) is 0.158. The first-order valence-corrected chi connectivity index (χ1v) is 7.51. The third kappa shape index (κ3) is 2.91. The van der Waals surface area contributed by atoms with Crippen LogP contribution >= 0.6 is 23.5 Å². The maximum atomic E-state index is 12.0. The molecule has 1 unspecified atom stereocenters. The van der Waals surface area contributed by atoms with Crippen LogP contribution in [0.3, 0.4) is 0 Å². The average Bonchev–Trinajstić information content (AvgIpc) is 2.38. The first-order chi connectivity index (χ1) is 7.76. The van der Waals surface area contributed by atoms with Gasteiger partial charge in [-0.3, -0.25) is 4.79 Å². The van der Waals surface area contributed by atoms with Gasteiger partial charge in [0, 0.05) is 10.5 Å². The second kappa shape index (κ2) is 5.11. The zero-order chi connectivity index (χ0) is 13.3. The molecule has 1 fully saturated rings. The topological polar surface area (TPSA) is 20.3 Å². The van der Waals surface area contributed by atoms with Gasteiger partial charge in [-0.1, -0.05) is 12.7 Å². The van der Waals surface area contributed by atoms with Crippen molar-refractivity contribution in [1.29, 1.82) is 0 Å². The summed E-state index contributed by atoms with van der Waals surface area (Å²) >= 11 is 3.60. The van der Waals surface area contributed by atoms with E-state index in [1.54, 1.807) is 11.8 Å². The van der Waals surface area contributed by atoms with Gasteiger partial charge in [0.2, 0.25) is 5.91 Å². The molecule has 0 aromatic heterocycles. The lowest BCUT2D eigenvalue weighted by Crippen LogP contribution is -2.47. The summed E-state index contributed by atoms with van der Waals surface area (Å²) in [6, 6.07) is 0. The Morgan fingerprint density at radius 3 is 2.47 bits per heavy atom. The van der Waals surface area contributed by atoms with Gasteiger partial charge >= 0.3 is 0 Å². The number of thioether (sulfide) groups is 2. The van der Waals surface area contributed by atoms with Gasteiger partial charge in [-0.15, -0.1) is 30.1 Å². The number of carbonyl (C=O) groups excluding carboxylic acids is 1. The number of rotatable bonds is 4. The highest BCUT2D eigenvalue weighted by molar-refractivity contribution is 8.05. The Bertz CT molecular complexity index is 336. The largest absolute Gasteiger partial charge is 0.312 e. The van der Waals surface area contributed by atoms with Crippen LogP contribution in [-0.2, 0) is 4.79 Å². The Balaban J connectivity index is 3.05. The molecule has 1 amide bonds. The Labute approximate surface area is 113 Å². The fourth-order valence-electron chi connectivity index (χ4n) is 2.25. The lowest BCUT2D eigenvalue weighted by atomic mass is 10.1. The van der Waals surface area contributed by atoms with Crippen LogP contribution in [0.4, 0.5) is 0 Å². The van der Waals surface area contributed by atoms with Gasteiger partial charge in [-0.25, -0.2) is 0 Å². The monoisotopic (exact) mass is 271 g/mol. The highest BCUT2D eigenvalue weighted by atomic mass is 32.2. The van der Waals surface area contributed by atoms with E-state index in [-0.39, 0.29) is 20.9 Å². The highest BCUT2D eigenvalue weighted by Gasteiger charge is 2.53. The predicted octanol–water partition coefficient (Wildman–Crippen LogP) is 3.51. The summed E-state index contributed by atoms with van der Waals surface area (Å²) in [5.74, 6) is 0.862. The zero-order valence-electron chi connectivity index (χ0n) is 11.0. The molecule has 17 heavy (non-hydrogen) atoms. The van der Waals surface area contributed by atoms with Gasteiger partial charge < -0.3 is 4.90 Å². The van der Waals surface area contributed by atoms with Crippen molar-refractivity contribution in [2.24, 2.45) is 0 Å². The van der Waals surface area contributed by atoms with Crippen molar-refractivity contribution in [3.8, 4) is 0 Å². The van der Waals surface area contributed by atoms with E-state index in [1.165, 1.54) is 6.08 Å². The van der Waals surface area contributed by atoms with Gasteiger partial charge in [0.25, 0.3) is 0 Å².